The first-order chi connectivity index (χ1) is 7.61. The molecule has 0 aliphatic heterocycles. The van der Waals surface area contributed by atoms with Crippen LogP contribution < -0.4 is 5.73 Å². The highest BCUT2D eigenvalue weighted by atomic mass is 16.2. The van der Waals surface area contributed by atoms with Crippen LogP contribution in [0.2, 0.25) is 0 Å². The Morgan fingerprint density at radius 2 is 2.44 bits per heavy atom. The molecule has 0 atom stereocenters. The number of nitrogens with two attached hydrogens (primary N) is 1. The van der Waals surface area contributed by atoms with Crippen LogP contribution >= 0.6 is 0 Å². The summed E-state index contributed by atoms with van der Waals surface area (Å²) < 4.78 is 1.45. The van der Waals surface area contributed by atoms with Gasteiger partial charge in [0.2, 0.25) is 0 Å². The van der Waals surface area contributed by atoms with Crippen molar-refractivity contribution < 1.29 is 4.79 Å². The minimum Gasteiger partial charge on any atom is -0.396 e. The van der Waals surface area contributed by atoms with Gasteiger partial charge < -0.3 is 10.6 Å². The first-order valence-electron chi connectivity index (χ1n) is 5.05. The van der Waals surface area contributed by atoms with E-state index in [1.54, 1.807) is 11.9 Å². The van der Waals surface area contributed by atoms with Crippen molar-refractivity contribution in [2.75, 3.05) is 18.8 Å². The van der Waals surface area contributed by atoms with Crippen molar-refractivity contribution in [3.05, 3.63) is 11.9 Å². The Bertz CT molecular complexity index is 398. The summed E-state index contributed by atoms with van der Waals surface area (Å²) in [5.74, 6) is -0.185. The molecule has 0 fully saturated rings. The largest absolute Gasteiger partial charge is 0.396 e. The zero-order valence-electron chi connectivity index (χ0n) is 9.47. The molecule has 0 radical (unpaired) electrons. The number of aromatic nitrogens is 2. The predicted octanol–water partition coefficient (Wildman–Crippen LogP) is 0.378. The molecule has 0 saturated carbocycles. The second-order valence-electron chi connectivity index (χ2n) is 3.37. The number of rotatable bonds is 4. The lowest BCUT2D eigenvalue weighted by atomic mass is 10.3. The van der Waals surface area contributed by atoms with E-state index in [2.05, 4.69) is 5.10 Å². The Labute approximate surface area is 94.2 Å². The van der Waals surface area contributed by atoms with E-state index >= 15 is 0 Å². The second-order valence-corrected chi connectivity index (χ2v) is 3.37. The van der Waals surface area contributed by atoms with Crippen LogP contribution in [0.15, 0.2) is 6.20 Å². The quantitative estimate of drug-likeness (QED) is 0.796. The summed E-state index contributed by atoms with van der Waals surface area (Å²) >= 11 is 0. The van der Waals surface area contributed by atoms with Crippen LogP contribution in [0.3, 0.4) is 0 Å². The molecule has 0 bridgehead atoms. The summed E-state index contributed by atoms with van der Waals surface area (Å²) in [6, 6.07) is 2.01. The Hall–Kier alpha value is -2.03. The van der Waals surface area contributed by atoms with Gasteiger partial charge in [0.25, 0.3) is 5.91 Å². The molecule has 86 valence electrons. The summed E-state index contributed by atoms with van der Waals surface area (Å²) in [6.45, 7) is 2.82. The first-order valence-corrected chi connectivity index (χ1v) is 5.05. The van der Waals surface area contributed by atoms with Crippen molar-refractivity contribution in [2.45, 2.75) is 13.3 Å². The van der Waals surface area contributed by atoms with Crippen LogP contribution in [-0.4, -0.2) is 33.7 Å². The molecule has 1 heterocycles. The number of anilines is 1. The molecule has 1 aromatic heterocycles. The number of nitriles is 1. The van der Waals surface area contributed by atoms with E-state index in [1.165, 1.54) is 10.9 Å². The third-order valence-corrected chi connectivity index (χ3v) is 2.33. The maximum absolute atomic E-state index is 12.1. The maximum Gasteiger partial charge on any atom is 0.274 e. The van der Waals surface area contributed by atoms with E-state index in [9.17, 15) is 4.79 Å². The van der Waals surface area contributed by atoms with E-state index in [0.717, 1.165) is 0 Å². The molecule has 1 amide bonds. The van der Waals surface area contributed by atoms with Gasteiger partial charge in [-0.1, -0.05) is 0 Å². The molecule has 0 aliphatic rings. The molecule has 0 aliphatic carbocycles. The standard InChI is InChI=1S/C10H15N5O/c1-3-15(6-4-5-11)10(16)9-8(12)7-13-14(9)2/h7H,3-4,6,12H2,1-2H3. The molecule has 0 unspecified atom stereocenters. The lowest BCUT2D eigenvalue weighted by molar-refractivity contribution is 0.0758. The van der Waals surface area contributed by atoms with Crippen LogP contribution in [0, 0.1) is 11.3 Å². The van der Waals surface area contributed by atoms with Crippen molar-refractivity contribution in [1.82, 2.24) is 14.7 Å². The summed E-state index contributed by atoms with van der Waals surface area (Å²) in [7, 11) is 1.67. The van der Waals surface area contributed by atoms with Crippen molar-refractivity contribution in [3.8, 4) is 6.07 Å². The molecular weight excluding hydrogens is 206 g/mol. The van der Waals surface area contributed by atoms with Crippen LogP contribution in [0.25, 0.3) is 0 Å². The Balaban J connectivity index is 2.88. The van der Waals surface area contributed by atoms with Gasteiger partial charge in [-0.25, -0.2) is 0 Å². The van der Waals surface area contributed by atoms with Crippen molar-refractivity contribution in [2.24, 2.45) is 7.05 Å². The molecule has 6 heteroatoms. The fraction of sp³-hybridized carbons (Fsp3) is 0.500. The molecule has 16 heavy (non-hydrogen) atoms. The molecule has 2 N–H and O–H groups in total. The third-order valence-electron chi connectivity index (χ3n) is 2.33. The van der Waals surface area contributed by atoms with Crippen molar-refractivity contribution in [3.63, 3.8) is 0 Å². The van der Waals surface area contributed by atoms with Crippen LogP contribution in [-0.2, 0) is 7.05 Å². The van der Waals surface area contributed by atoms with Crippen molar-refractivity contribution >= 4 is 11.6 Å². The van der Waals surface area contributed by atoms with E-state index in [-0.39, 0.29) is 5.91 Å². The highest BCUT2D eigenvalue weighted by Gasteiger charge is 2.20. The minimum absolute atomic E-state index is 0.185. The molecule has 0 spiro atoms. The molecule has 0 saturated heterocycles. The topological polar surface area (TPSA) is 87.9 Å². The lowest BCUT2D eigenvalue weighted by Crippen LogP contribution is -2.33. The summed E-state index contributed by atoms with van der Waals surface area (Å²) in [4.78, 5) is 13.6. The van der Waals surface area contributed by atoms with E-state index in [4.69, 9.17) is 11.0 Å². The molecular formula is C10H15N5O. The van der Waals surface area contributed by atoms with Gasteiger partial charge in [-0.3, -0.25) is 9.48 Å². The average Bonchev–Trinajstić information content (AvgIpc) is 2.59. The number of hydrogen-bond donors (Lipinski definition) is 1. The summed E-state index contributed by atoms with van der Waals surface area (Å²) in [5, 5.41) is 12.4. The number of hydrogen-bond acceptors (Lipinski definition) is 4. The fourth-order valence-corrected chi connectivity index (χ4v) is 1.45. The highest BCUT2D eigenvalue weighted by molar-refractivity contribution is 5.97. The van der Waals surface area contributed by atoms with Crippen LogP contribution in [0.5, 0.6) is 0 Å². The van der Waals surface area contributed by atoms with Gasteiger partial charge in [0.15, 0.2) is 0 Å². The monoisotopic (exact) mass is 221 g/mol. The Kier molecular flexibility index (Phi) is 3.89. The predicted molar refractivity (Wildman–Crippen MR) is 59.4 cm³/mol. The first kappa shape index (κ1) is 12.0. The fourth-order valence-electron chi connectivity index (χ4n) is 1.45. The zero-order valence-corrected chi connectivity index (χ0v) is 9.47. The van der Waals surface area contributed by atoms with Gasteiger partial charge in [0, 0.05) is 20.1 Å². The van der Waals surface area contributed by atoms with Crippen LogP contribution in [0.4, 0.5) is 5.69 Å². The number of amides is 1. The van der Waals surface area contributed by atoms with Gasteiger partial charge in [0.1, 0.15) is 5.69 Å². The van der Waals surface area contributed by atoms with Crippen molar-refractivity contribution in [1.29, 1.82) is 5.26 Å². The Morgan fingerprint density at radius 3 is 2.88 bits per heavy atom. The number of nitrogens with zero attached hydrogens (tertiary/aromatic N) is 4. The Morgan fingerprint density at radius 1 is 1.75 bits per heavy atom. The second kappa shape index (κ2) is 5.16. The summed E-state index contributed by atoms with van der Waals surface area (Å²) in [5.41, 5.74) is 6.41. The lowest BCUT2D eigenvalue weighted by Gasteiger charge is -2.19. The summed E-state index contributed by atoms with van der Waals surface area (Å²) in [6.07, 6.45) is 1.77. The number of carbonyl (C=O) groups excluding carboxylic acids is 1. The molecule has 1 rings (SSSR count). The van der Waals surface area contributed by atoms with Gasteiger partial charge >= 0.3 is 0 Å². The number of aryl methyl sites for hydroxylation is 1. The maximum atomic E-state index is 12.1. The number of carbonyl (C=O) groups is 1. The number of nitrogen functional groups attached to an aromatic ring is 1. The normalized spacial score (nSPS) is 9.81. The van der Waals surface area contributed by atoms with Crippen LogP contribution in [0.1, 0.15) is 23.8 Å². The molecule has 0 aromatic carbocycles. The van der Waals surface area contributed by atoms with E-state index in [0.29, 0.717) is 30.9 Å². The minimum atomic E-state index is -0.185. The van der Waals surface area contributed by atoms with E-state index in [1.807, 2.05) is 13.0 Å². The van der Waals surface area contributed by atoms with Gasteiger partial charge in [0.05, 0.1) is 24.4 Å². The average molecular weight is 221 g/mol. The van der Waals surface area contributed by atoms with E-state index < -0.39 is 0 Å². The molecule has 1 aromatic rings. The van der Waals surface area contributed by atoms with Gasteiger partial charge in [-0.15, -0.1) is 0 Å². The third kappa shape index (κ3) is 2.31. The highest BCUT2D eigenvalue weighted by Crippen LogP contribution is 2.12. The SMILES string of the molecule is CCN(CCC#N)C(=O)c1c(N)cnn1C. The van der Waals surface area contributed by atoms with Gasteiger partial charge in [-0.05, 0) is 6.92 Å². The zero-order chi connectivity index (χ0) is 12.1. The van der Waals surface area contributed by atoms with Gasteiger partial charge in [-0.2, -0.15) is 10.4 Å². The smallest absolute Gasteiger partial charge is 0.274 e. The molecule has 6 nitrogen and oxygen atoms in total.